The summed E-state index contributed by atoms with van der Waals surface area (Å²) in [5.41, 5.74) is -0.311. The first-order chi connectivity index (χ1) is 7.29. The number of carbonyl (C=O) groups is 2. The lowest BCUT2D eigenvalue weighted by molar-refractivity contribution is -0.154. The van der Waals surface area contributed by atoms with Crippen LogP contribution in [0.15, 0.2) is 0 Å². The lowest BCUT2D eigenvalue weighted by Gasteiger charge is -2.35. The van der Waals surface area contributed by atoms with Gasteiger partial charge in [-0.25, -0.2) is 0 Å². The van der Waals surface area contributed by atoms with Gasteiger partial charge in [0.05, 0.1) is 0 Å². The fourth-order valence-electron chi connectivity index (χ4n) is 1.68. The van der Waals surface area contributed by atoms with E-state index in [4.69, 9.17) is 0 Å². The third kappa shape index (κ3) is 3.51. The Bertz CT molecular complexity index is 252. The Morgan fingerprint density at radius 3 is 1.56 bits per heavy atom. The van der Waals surface area contributed by atoms with E-state index in [9.17, 15) is 9.59 Å². The topological polar surface area (TPSA) is 40.6 Å². The average Bonchev–Trinajstić information content (AvgIpc) is 2.18. The number of likely N-dealkylation sites (N-methyl/N-ethyl adjacent to an activating group) is 2. The predicted octanol–water partition coefficient (Wildman–Crippen LogP) is 1.50. The number of carbonyl (C=O) groups excluding carboxylic acids is 2. The van der Waals surface area contributed by atoms with E-state index >= 15 is 0 Å². The summed E-state index contributed by atoms with van der Waals surface area (Å²) in [7, 11) is 0. The van der Waals surface area contributed by atoms with Gasteiger partial charge in [-0.15, -0.1) is 0 Å². The number of nitrogens with zero attached hydrogens (tertiary/aromatic N) is 2. The van der Waals surface area contributed by atoms with E-state index < -0.39 is 11.8 Å². The minimum absolute atomic E-state index is 0.311. The van der Waals surface area contributed by atoms with Crippen LogP contribution in [0, 0.1) is 0 Å². The Morgan fingerprint density at radius 1 is 0.875 bits per heavy atom. The zero-order valence-corrected chi connectivity index (χ0v) is 11.3. The molecule has 0 saturated carbocycles. The number of rotatable bonds is 3. The SMILES string of the molecule is CCN(CC)C(=O)C(=O)N(CC)C(C)(C)C. The summed E-state index contributed by atoms with van der Waals surface area (Å²) in [6, 6.07) is 0. The van der Waals surface area contributed by atoms with Gasteiger partial charge >= 0.3 is 11.8 Å². The summed E-state index contributed by atoms with van der Waals surface area (Å²) in [6.45, 7) is 13.1. The molecule has 0 rings (SSSR count). The van der Waals surface area contributed by atoms with Gasteiger partial charge in [0.1, 0.15) is 0 Å². The van der Waals surface area contributed by atoms with Crippen LogP contribution in [0.4, 0.5) is 0 Å². The smallest absolute Gasteiger partial charge is 0.312 e. The van der Waals surface area contributed by atoms with Crippen LogP contribution in [0.3, 0.4) is 0 Å². The third-order valence-electron chi connectivity index (χ3n) is 2.60. The maximum Gasteiger partial charge on any atom is 0.312 e. The molecule has 0 atom stereocenters. The zero-order valence-electron chi connectivity index (χ0n) is 11.3. The Labute approximate surface area is 98.6 Å². The molecular formula is C12H24N2O2. The van der Waals surface area contributed by atoms with Crippen molar-refractivity contribution < 1.29 is 9.59 Å². The number of amides is 2. The van der Waals surface area contributed by atoms with Crippen molar-refractivity contribution in [3.8, 4) is 0 Å². The van der Waals surface area contributed by atoms with Crippen molar-refractivity contribution in [1.82, 2.24) is 9.80 Å². The van der Waals surface area contributed by atoms with Crippen LogP contribution in [0.1, 0.15) is 41.5 Å². The molecule has 0 aromatic rings. The van der Waals surface area contributed by atoms with E-state index in [1.807, 2.05) is 41.5 Å². The molecule has 4 nitrogen and oxygen atoms in total. The lowest BCUT2D eigenvalue weighted by Crippen LogP contribution is -2.52. The largest absolute Gasteiger partial charge is 0.335 e. The van der Waals surface area contributed by atoms with Crippen molar-refractivity contribution in [2.75, 3.05) is 19.6 Å². The van der Waals surface area contributed by atoms with Crippen LogP contribution in [-0.4, -0.2) is 46.8 Å². The van der Waals surface area contributed by atoms with Crippen LogP contribution in [-0.2, 0) is 9.59 Å². The molecule has 0 fully saturated rings. The first kappa shape index (κ1) is 14.9. The summed E-state index contributed by atoms with van der Waals surface area (Å²) in [6.07, 6.45) is 0. The number of hydrogen-bond acceptors (Lipinski definition) is 2. The van der Waals surface area contributed by atoms with Crippen molar-refractivity contribution in [3.05, 3.63) is 0 Å². The van der Waals surface area contributed by atoms with Crippen molar-refractivity contribution in [3.63, 3.8) is 0 Å². The molecule has 0 saturated heterocycles. The van der Waals surface area contributed by atoms with E-state index in [0.29, 0.717) is 19.6 Å². The second kappa shape index (κ2) is 5.87. The molecular weight excluding hydrogens is 204 g/mol. The zero-order chi connectivity index (χ0) is 12.9. The second-order valence-electron chi connectivity index (χ2n) is 4.70. The Hall–Kier alpha value is -1.06. The van der Waals surface area contributed by atoms with E-state index in [2.05, 4.69) is 0 Å². The van der Waals surface area contributed by atoms with E-state index in [-0.39, 0.29) is 5.54 Å². The molecule has 4 heteroatoms. The standard InChI is InChI=1S/C12H24N2O2/c1-7-13(8-2)10(15)11(16)14(9-3)12(4,5)6/h7-9H2,1-6H3. The molecule has 0 aliphatic heterocycles. The van der Waals surface area contributed by atoms with Gasteiger partial charge in [0, 0.05) is 25.2 Å². The molecule has 0 unspecified atom stereocenters. The molecule has 0 aliphatic carbocycles. The van der Waals surface area contributed by atoms with Crippen molar-refractivity contribution >= 4 is 11.8 Å². The Kier molecular flexibility index (Phi) is 5.48. The molecule has 0 spiro atoms. The third-order valence-corrected chi connectivity index (χ3v) is 2.60. The van der Waals surface area contributed by atoms with Crippen LogP contribution >= 0.6 is 0 Å². The first-order valence-corrected chi connectivity index (χ1v) is 5.90. The highest BCUT2D eigenvalue weighted by Gasteiger charge is 2.31. The van der Waals surface area contributed by atoms with Gasteiger partial charge in [-0.05, 0) is 41.5 Å². The monoisotopic (exact) mass is 228 g/mol. The molecule has 2 amide bonds. The van der Waals surface area contributed by atoms with Crippen molar-refractivity contribution in [1.29, 1.82) is 0 Å². The highest BCUT2D eigenvalue weighted by atomic mass is 16.2. The highest BCUT2D eigenvalue weighted by molar-refractivity contribution is 6.35. The number of hydrogen-bond donors (Lipinski definition) is 0. The molecule has 94 valence electrons. The van der Waals surface area contributed by atoms with Crippen LogP contribution in [0.2, 0.25) is 0 Å². The summed E-state index contributed by atoms with van der Waals surface area (Å²) in [5.74, 6) is -0.805. The summed E-state index contributed by atoms with van der Waals surface area (Å²) < 4.78 is 0. The fraction of sp³-hybridized carbons (Fsp3) is 0.833. The molecule has 0 bridgehead atoms. The molecule has 0 heterocycles. The normalized spacial score (nSPS) is 11.1. The minimum Gasteiger partial charge on any atom is -0.335 e. The van der Waals surface area contributed by atoms with Crippen LogP contribution < -0.4 is 0 Å². The maximum atomic E-state index is 12.0. The summed E-state index contributed by atoms with van der Waals surface area (Å²) in [5, 5.41) is 0. The minimum atomic E-state index is -0.404. The quantitative estimate of drug-likeness (QED) is 0.687. The van der Waals surface area contributed by atoms with Gasteiger partial charge in [-0.2, -0.15) is 0 Å². The van der Waals surface area contributed by atoms with Gasteiger partial charge in [0.15, 0.2) is 0 Å². The molecule has 16 heavy (non-hydrogen) atoms. The lowest BCUT2D eigenvalue weighted by atomic mass is 10.1. The summed E-state index contributed by atoms with van der Waals surface area (Å²) >= 11 is 0. The molecule has 0 aromatic carbocycles. The van der Waals surface area contributed by atoms with Gasteiger partial charge in [-0.3, -0.25) is 9.59 Å². The second-order valence-corrected chi connectivity index (χ2v) is 4.70. The molecule has 0 aromatic heterocycles. The Balaban J connectivity index is 4.83. The van der Waals surface area contributed by atoms with E-state index in [1.54, 1.807) is 9.80 Å². The van der Waals surface area contributed by atoms with Crippen LogP contribution in [0.25, 0.3) is 0 Å². The molecule has 0 radical (unpaired) electrons. The van der Waals surface area contributed by atoms with Crippen molar-refractivity contribution in [2.24, 2.45) is 0 Å². The van der Waals surface area contributed by atoms with Crippen LogP contribution in [0.5, 0.6) is 0 Å². The van der Waals surface area contributed by atoms with Gasteiger partial charge in [0.2, 0.25) is 0 Å². The highest BCUT2D eigenvalue weighted by Crippen LogP contribution is 2.13. The fourth-order valence-corrected chi connectivity index (χ4v) is 1.68. The van der Waals surface area contributed by atoms with Crippen molar-refractivity contribution in [2.45, 2.75) is 47.1 Å². The maximum absolute atomic E-state index is 12.0. The van der Waals surface area contributed by atoms with E-state index in [0.717, 1.165) is 0 Å². The molecule has 0 N–H and O–H groups in total. The predicted molar refractivity (Wildman–Crippen MR) is 65.1 cm³/mol. The van der Waals surface area contributed by atoms with E-state index in [1.165, 1.54) is 0 Å². The average molecular weight is 228 g/mol. The Morgan fingerprint density at radius 2 is 1.31 bits per heavy atom. The first-order valence-electron chi connectivity index (χ1n) is 5.90. The molecule has 0 aliphatic rings. The van der Waals surface area contributed by atoms with Gasteiger partial charge in [-0.1, -0.05) is 0 Å². The van der Waals surface area contributed by atoms with Gasteiger partial charge < -0.3 is 9.80 Å². The van der Waals surface area contributed by atoms with Gasteiger partial charge in [0.25, 0.3) is 0 Å². The summed E-state index contributed by atoms with van der Waals surface area (Å²) in [4.78, 5) is 27.1.